The van der Waals surface area contributed by atoms with E-state index in [0.717, 1.165) is 25.1 Å². The van der Waals surface area contributed by atoms with Crippen LogP contribution in [0, 0.1) is 0 Å². The molecule has 0 spiro atoms. The van der Waals surface area contributed by atoms with Crippen molar-refractivity contribution in [2.24, 2.45) is 0 Å². The first-order valence-electron chi connectivity index (χ1n) is 4.29. The number of hydrogen-bond donors (Lipinski definition) is 2. The van der Waals surface area contributed by atoms with Crippen molar-refractivity contribution < 1.29 is 28.2 Å². The fraction of sp³-hybridized carbons (Fsp3) is 0.300. The maximum Gasteiger partial charge on any atom is 0.416 e. The molecule has 3 nitrogen and oxygen atoms in total. The number of rotatable bonds is 2. The van der Waals surface area contributed by atoms with E-state index in [1.807, 2.05) is 0 Å². The van der Waals surface area contributed by atoms with Gasteiger partial charge in [-0.15, -0.1) is 0 Å². The summed E-state index contributed by atoms with van der Waals surface area (Å²) in [6.45, 7) is 0.921. The Morgan fingerprint density at radius 1 is 1.25 bits per heavy atom. The van der Waals surface area contributed by atoms with Crippen molar-refractivity contribution in [1.29, 1.82) is 0 Å². The van der Waals surface area contributed by atoms with Crippen molar-refractivity contribution in [2.45, 2.75) is 18.7 Å². The first kappa shape index (κ1) is 12.5. The van der Waals surface area contributed by atoms with Crippen LogP contribution in [0.15, 0.2) is 24.3 Å². The summed E-state index contributed by atoms with van der Waals surface area (Å²) >= 11 is 0. The van der Waals surface area contributed by atoms with Crippen LogP contribution in [0.25, 0.3) is 0 Å². The molecule has 0 aromatic heterocycles. The lowest BCUT2D eigenvalue weighted by molar-refractivity contribution is -0.158. The summed E-state index contributed by atoms with van der Waals surface area (Å²) in [6, 6.07) is 3.61. The molecule has 0 amide bonds. The fourth-order valence-electron chi connectivity index (χ4n) is 1.12. The van der Waals surface area contributed by atoms with E-state index in [1.54, 1.807) is 0 Å². The van der Waals surface area contributed by atoms with E-state index in [1.165, 1.54) is 0 Å². The number of aliphatic hydroxyl groups is 1. The molecule has 1 aromatic rings. The number of carbonyl (C=O) groups is 1. The Bertz CT molecular complexity index is 410. The summed E-state index contributed by atoms with van der Waals surface area (Å²) in [5.74, 6) is -1.60. The van der Waals surface area contributed by atoms with E-state index in [2.05, 4.69) is 0 Å². The van der Waals surface area contributed by atoms with E-state index < -0.39 is 23.3 Å². The fourth-order valence-corrected chi connectivity index (χ4v) is 1.12. The average molecular weight is 234 g/mol. The number of benzene rings is 1. The predicted octanol–water partition coefficient (Wildman–Crippen LogP) is 2.00. The minimum atomic E-state index is -4.56. The summed E-state index contributed by atoms with van der Waals surface area (Å²) in [6.07, 6.45) is -4.56. The van der Waals surface area contributed by atoms with Crippen LogP contribution >= 0.6 is 0 Å². The highest BCUT2D eigenvalue weighted by atomic mass is 19.4. The molecule has 1 rings (SSSR count). The zero-order chi connectivity index (χ0) is 12.6. The van der Waals surface area contributed by atoms with Crippen molar-refractivity contribution in [1.82, 2.24) is 0 Å². The smallest absolute Gasteiger partial charge is 0.416 e. The third-order valence-corrected chi connectivity index (χ3v) is 2.17. The molecule has 0 radical (unpaired) electrons. The summed E-state index contributed by atoms with van der Waals surface area (Å²) in [7, 11) is 0. The molecule has 0 aliphatic heterocycles. The largest absolute Gasteiger partial charge is 0.479 e. The second-order valence-corrected chi connectivity index (χ2v) is 3.46. The highest BCUT2D eigenvalue weighted by molar-refractivity contribution is 5.78. The van der Waals surface area contributed by atoms with Crippen LogP contribution in [-0.4, -0.2) is 16.2 Å². The molecule has 0 bridgehead atoms. The summed E-state index contributed by atoms with van der Waals surface area (Å²) < 4.78 is 37.0. The lowest BCUT2D eigenvalue weighted by Gasteiger charge is -2.19. The minimum absolute atomic E-state index is 0.310. The predicted molar refractivity (Wildman–Crippen MR) is 48.7 cm³/mol. The molecule has 16 heavy (non-hydrogen) atoms. The Kier molecular flexibility index (Phi) is 2.96. The van der Waals surface area contributed by atoms with Crippen LogP contribution in [-0.2, 0) is 16.6 Å². The van der Waals surface area contributed by atoms with Crippen LogP contribution < -0.4 is 0 Å². The minimum Gasteiger partial charge on any atom is -0.479 e. The van der Waals surface area contributed by atoms with Crippen LogP contribution in [0.5, 0.6) is 0 Å². The molecule has 1 aromatic carbocycles. The van der Waals surface area contributed by atoms with Gasteiger partial charge in [-0.05, 0) is 24.6 Å². The average Bonchev–Trinajstić information content (AvgIpc) is 2.16. The van der Waals surface area contributed by atoms with Gasteiger partial charge in [0.15, 0.2) is 5.60 Å². The zero-order valence-electron chi connectivity index (χ0n) is 8.25. The van der Waals surface area contributed by atoms with Crippen LogP contribution in [0.4, 0.5) is 13.2 Å². The Morgan fingerprint density at radius 2 is 1.75 bits per heavy atom. The lowest BCUT2D eigenvalue weighted by Crippen LogP contribution is -2.32. The first-order valence-corrected chi connectivity index (χ1v) is 4.29. The molecule has 1 atom stereocenters. The summed E-state index contributed by atoms with van der Waals surface area (Å²) in [4.78, 5) is 10.7. The SMILES string of the molecule is C[C@@](O)(C(=O)O)c1cccc(C(F)(F)F)c1. The van der Waals surface area contributed by atoms with Gasteiger partial charge in [0.2, 0.25) is 0 Å². The monoisotopic (exact) mass is 234 g/mol. The van der Waals surface area contributed by atoms with Gasteiger partial charge >= 0.3 is 12.1 Å². The zero-order valence-corrected chi connectivity index (χ0v) is 8.25. The Labute approximate surface area is 89.1 Å². The van der Waals surface area contributed by atoms with Crippen molar-refractivity contribution in [3.8, 4) is 0 Å². The molecule has 2 N–H and O–H groups in total. The third-order valence-electron chi connectivity index (χ3n) is 2.17. The number of carboxylic acid groups (broad SMARTS) is 1. The normalized spacial score (nSPS) is 15.6. The molecule has 0 saturated heterocycles. The van der Waals surface area contributed by atoms with Gasteiger partial charge in [0.05, 0.1) is 5.56 Å². The molecule has 6 heteroatoms. The third kappa shape index (κ3) is 2.33. The van der Waals surface area contributed by atoms with Crippen molar-refractivity contribution in [3.05, 3.63) is 35.4 Å². The number of alkyl halides is 3. The number of carboxylic acids is 1. The molecule has 0 unspecified atom stereocenters. The Morgan fingerprint density at radius 3 is 2.19 bits per heavy atom. The summed E-state index contributed by atoms with van der Waals surface area (Å²) in [5, 5.41) is 18.1. The molecule has 0 fully saturated rings. The van der Waals surface area contributed by atoms with Gasteiger partial charge < -0.3 is 10.2 Å². The van der Waals surface area contributed by atoms with Gasteiger partial charge in [0.1, 0.15) is 0 Å². The Balaban J connectivity index is 3.23. The van der Waals surface area contributed by atoms with E-state index in [-0.39, 0.29) is 5.56 Å². The van der Waals surface area contributed by atoms with Crippen LogP contribution in [0.1, 0.15) is 18.1 Å². The van der Waals surface area contributed by atoms with Gasteiger partial charge in [-0.1, -0.05) is 12.1 Å². The van der Waals surface area contributed by atoms with E-state index in [0.29, 0.717) is 6.07 Å². The van der Waals surface area contributed by atoms with Gasteiger partial charge in [-0.3, -0.25) is 0 Å². The van der Waals surface area contributed by atoms with Gasteiger partial charge in [0, 0.05) is 0 Å². The molecule has 88 valence electrons. The summed E-state index contributed by atoms with van der Waals surface area (Å²) in [5.41, 5.74) is -3.64. The molecular formula is C10H9F3O3. The van der Waals surface area contributed by atoms with Crippen molar-refractivity contribution in [3.63, 3.8) is 0 Å². The van der Waals surface area contributed by atoms with Gasteiger partial charge in [-0.25, -0.2) is 4.79 Å². The first-order chi connectivity index (χ1) is 7.15. The topological polar surface area (TPSA) is 57.5 Å². The van der Waals surface area contributed by atoms with Crippen LogP contribution in [0.3, 0.4) is 0 Å². The van der Waals surface area contributed by atoms with Crippen molar-refractivity contribution >= 4 is 5.97 Å². The maximum atomic E-state index is 12.3. The number of aliphatic carboxylic acids is 1. The molecule has 0 heterocycles. The number of hydrogen-bond acceptors (Lipinski definition) is 2. The standard InChI is InChI=1S/C10H9F3O3/c1-9(16,8(14)15)6-3-2-4-7(5-6)10(11,12)13/h2-5,16H,1H3,(H,14,15)/t9-/m0/s1. The van der Waals surface area contributed by atoms with E-state index in [9.17, 15) is 23.1 Å². The highest BCUT2D eigenvalue weighted by Crippen LogP contribution is 2.32. The maximum absolute atomic E-state index is 12.3. The van der Waals surface area contributed by atoms with Gasteiger partial charge in [-0.2, -0.15) is 13.2 Å². The molecular weight excluding hydrogens is 225 g/mol. The van der Waals surface area contributed by atoms with E-state index >= 15 is 0 Å². The second kappa shape index (κ2) is 3.79. The Hall–Kier alpha value is -1.56. The van der Waals surface area contributed by atoms with Crippen molar-refractivity contribution in [2.75, 3.05) is 0 Å². The molecule has 0 aliphatic rings. The lowest BCUT2D eigenvalue weighted by atomic mass is 9.94. The quantitative estimate of drug-likeness (QED) is 0.822. The molecule has 0 saturated carbocycles. The highest BCUT2D eigenvalue weighted by Gasteiger charge is 2.36. The number of halogens is 3. The van der Waals surface area contributed by atoms with E-state index in [4.69, 9.17) is 5.11 Å². The second-order valence-electron chi connectivity index (χ2n) is 3.46. The molecule has 0 aliphatic carbocycles. The van der Waals surface area contributed by atoms with Gasteiger partial charge in [0.25, 0.3) is 0 Å². The van der Waals surface area contributed by atoms with Crippen LogP contribution in [0.2, 0.25) is 0 Å².